The van der Waals surface area contributed by atoms with Crippen LogP contribution in [0.5, 0.6) is 0 Å². The number of fused-ring (bicyclic) bond motifs is 2. The fraction of sp³-hybridized carbons (Fsp3) is 1.00. The highest BCUT2D eigenvalue weighted by molar-refractivity contribution is 5.09. The molecule has 0 N–H and O–H groups in total. The molecule has 2 bridgehead atoms. The Morgan fingerprint density at radius 2 is 1.28 bits per heavy atom. The fourth-order valence-corrected chi connectivity index (χ4v) is 5.57. The summed E-state index contributed by atoms with van der Waals surface area (Å²) in [6.07, 6.45) is 3.56. The summed E-state index contributed by atoms with van der Waals surface area (Å²) in [5.74, 6) is 4.60. The van der Waals surface area contributed by atoms with E-state index in [-0.39, 0.29) is 0 Å². The van der Waals surface area contributed by atoms with E-state index in [1.807, 2.05) is 0 Å². The lowest BCUT2D eigenvalue weighted by Gasteiger charge is -2.48. The molecule has 1 aliphatic heterocycles. The third-order valence-electron chi connectivity index (χ3n) is 5.89. The van der Waals surface area contributed by atoms with E-state index in [1.165, 1.54) is 12.8 Å². The molecule has 0 aromatic carbocycles. The molecule has 1 heteroatoms. The standard InChI is InChI=1S/C17H30O/c1-16(2,3)14-10-7-11(13-9-18-13)12(8-10)15(14)17(4,5)6/h10-15H,7-9H2,1-6H3/t10?,11?,12?,13-,14?,15?/m0/s1. The number of hydrogen-bond donors (Lipinski definition) is 0. The first kappa shape index (κ1) is 13.0. The Kier molecular flexibility index (Phi) is 2.70. The van der Waals surface area contributed by atoms with Crippen LogP contribution in [-0.4, -0.2) is 12.7 Å². The Bertz CT molecular complexity index is 328. The van der Waals surface area contributed by atoms with E-state index >= 15 is 0 Å². The molecule has 1 saturated heterocycles. The molecule has 3 rings (SSSR count). The summed E-state index contributed by atoms with van der Waals surface area (Å²) in [6.45, 7) is 15.8. The molecule has 18 heavy (non-hydrogen) atoms. The van der Waals surface area contributed by atoms with Gasteiger partial charge in [0.05, 0.1) is 12.7 Å². The van der Waals surface area contributed by atoms with E-state index in [0.29, 0.717) is 16.9 Å². The molecule has 2 aliphatic carbocycles. The molecule has 2 saturated carbocycles. The van der Waals surface area contributed by atoms with E-state index in [0.717, 1.165) is 36.2 Å². The number of ether oxygens (including phenoxy) is 1. The highest BCUT2D eigenvalue weighted by Crippen LogP contribution is 2.65. The van der Waals surface area contributed by atoms with Crippen molar-refractivity contribution in [2.75, 3.05) is 6.61 Å². The van der Waals surface area contributed by atoms with Crippen LogP contribution in [0.2, 0.25) is 0 Å². The summed E-state index contributed by atoms with van der Waals surface area (Å²) in [4.78, 5) is 0. The summed E-state index contributed by atoms with van der Waals surface area (Å²) in [5, 5.41) is 0. The zero-order valence-electron chi connectivity index (χ0n) is 13.0. The predicted molar refractivity (Wildman–Crippen MR) is 75.3 cm³/mol. The van der Waals surface area contributed by atoms with Gasteiger partial charge in [-0.15, -0.1) is 0 Å². The van der Waals surface area contributed by atoms with Crippen molar-refractivity contribution in [3.63, 3.8) is 0 Å². The van der Waals surface area contributed by atoms with Crippen molar-refractivity contribution in [1.82, 2.24) is 0 Å². The average Bonchev–Trinajstić information content (AvgIpc) is 2.84. The molecule has 5 unspecified atom stereocenters. The van der Waals surface area contributed by atoms with Gasteiger partial charge in [-0.2, -0.15) is 0 Å². The first-order valence-corrected chi connectivity index (χ1v) is 7.81. The fourth-order valence-electron chi connectivity index (χ4n) is 5.57. The van der Waals surface area contributed by atoms with Gasteiger partial charge in [0.15, 0.2) is 0 Å². The van der Waals surface area contributed by atoms with E-state index in [2.05, 4.69) is 41.5 Å². The van der Waals surface area contributed by atoms with Crippen LogP contribution >= 0.6 is 0 Å². The van der Waals surface area contributed by atoms with Crippen LogP contribution in [0.25, 0.3) is 0 Å². The minimum Gasteiger partial charge on any atom is -0.373 e. The van der Waals surface area contributed by atoms with Crippen LogP contribution in [0.1, 0.15) is 54.4 Å². The Hall–Kier alpha value is -0.0400. The molecule has 1 nitrogen and oxygen atoms in total. The van der Waals surface area contributed by atoms with Crippen molar-refractivity contribution in [2.24, 2.45) is 40.4 Å². The van der Waals surface area contributed by atoms with E-state index in [1.54, 1.807) is 0 Å². The highest BCUT2D eigenvalue weighted by atomic mass is 16.6. The zero-order valence-corrected chi connectivity index (χ0v) is 13.0. The first-order valence-electron chi connectivity index (χ1n) is 7.81. The molecule has 0 radical (unpaired) electrons. The molecular formula is C17H30O. The molecule has 104 valence electrons. The lowest BCUT2D eigenvalue weighted by atomic mass is 9.57. The zero-order chi connectivity index (χ0) is 13.3. The molecule has 6 atom stereocenters. The third kappa shape index (κ3) is 1.94. The maximum absolute atomic E-state index is 5.63. The van der Waals surface area contributed by atoms with Gasteiger partial charge in [0.2, 0.25) is 0 Å². The average molecular weight is 250 g/mol. The summed E-state index contributed by atoms with van der Waals surface area (Å²) in [6, 6.07) is 0. The number of hydrogen-bond acceptors (Lipinski definition) is 1. The second-order valence-corrected chi connectivity index (χ2v) is 9.21. The quantitative estimate of drug-likeness (QED) is 0.630. The van der Waals surface area contributed by atoms with Gasteiger partial charge in [-0.25, -0.2) is 0 Å². The SMILES string of the molecule is CC(C)(C)C1C2CC(C([C@@H]3CO3)C2)C1C(C)(C)C. The second kappa shape index (κ2) is 3.75. The molecule has 0 spiro atoms. The normalized spacial score (nSPS) is 47.7. The highest BCUT2D eigenvalue weighted by Gasteiger charge is 2.61. The van der Waals surface area contributed by atoms with Crippen molar-refractivity contribution in [3.8, 4) is 0 Å². The van der Waals surface area contributed by atoms with Gasteiger partial charge in [-0.1, -0.05) is 41.5 Å². The van der Waals surface area contributed by atoms with Gasteiger partial charge in [0.25, 0.3) is 0 Å². The Balaban J connectivity index is 1.89. The van der Waals surface area contributed by atoms with Gasteiger partial charge < -0.3 is 4.74 Å². The predicted octanol–water partition coefficient (Wildman–Crippen LogP) is 4.37. The lowest BCUT2D eigenvalue weighted by Crippen LogP contribution is -2.43. The van der Waals surface area contributed by atoms with Crippen molar-refractivity contribution in [2.45, 2.75) is 60.5 Å². The Morgan fingerprint density at radius 3 is 1.72 bits per heavy atom. The minimum absolute atomic E-state index is 0.449. The van der Waals surface area contributed by atoms with Gasteiger partial charge >= 0.3 is 0 Å². The van der Waals surface area contributed by atoms with Crippen molar-refractivity contribution in [3.05, 3.63) is 0 Å². The van der Waals surface area contributed by atoms with E-state index in [9.17, 15) is 0 Å². The van der Waals surface area contributed by atoms with Crippen molar-refractivity contribution >= 4 is 0 Å². The maximum Gasteiger partial charge on any atom is 0.0840 e. The summed E-state index contributed by atoms with van der Waals surface area (Å²) < 4.78 is 5.63. The van der Waals surface area contributed by atoms with E-state index in [4.69, 9.17) is 4.74 Å². The molecule has 3 fully saturated rings. The lowest BCUT2D eigenvalue weighted by molar-refractivity contribution is -0.00450. The van der Waals surface area contributed by atoms with Gasteiger partial charge in [0.1, 0.15) is 0 Å². The Morgan fingerprint density at radius 1 is 0.778 bits per heavy atom. The Labute approximate surface area is 113 Å². The molecule has 0 aromatic rings. The summed E-state index contributed by atoms with van der Waals surface area (Å²) in [5.41, 5.74) is 0.914. The van der Waals surface area contributed by atoms with Gasteiger partial charge in [0, 0.05) is 0 Å². The molecule has 3 aliphatic rings. The molecule has 1 heterocycles. The largest absolute Gasteiger partial charge is 0.373 e. The van der Waals surface area contributed by atoms with Crippen LogP contribution in [0.15, 0.2) is 0 Å². The summed E-state index contributed by atoms with van der Waals surface area (Å²) in [7, 11) is 0. The first-order chi connectivity index (χ1) is 8.19. The monoisotopic (exact) mass is 250 g/mol. The van der Waals surface area contributed by atoms with E-state index < -0.39 is 0 Å². The van der Waals surface area contributed by atoms with Crippen LogP contribution in [0.4, 0.5) is 0 Å². The van der Waals surface area contributed by atoms with Crippen LogP contribution in [0, 0.1) is 40.4 Å². The summed E-state index contributed by atoms with van der Waals surface area (Å²) >= 11 is 0. The topological polar surface area (TPSA) is 12.5 Å². The third-order valence-corrected chi connectivity index (χ3v) is 5.89. The van der Waals surface area contributed by atoms with Crippen molar-refractivity contribution in [1.29, 1.82) is 0 Å². The molecule has 0 aromatic heterocycles. The van der Waals surface area contributed by atoms with Gasteiger partial charge in [-0.05, 0) is 53.3 Å². The number of epoxide rings is 1. The molecular weight excluding hydrogens is 220 g/mol. The van der Waals surface area contributed by atoms with Crippen LogP contribution < -0.4 is 0 Å². The second-order valence-electron chi connectivity index (χ2n) is 9.21. The van der Waals surface area contributed by atoms with Crippen molar-refractivity contribution < 1.29 is 4.74 Å². The van der Waals surface area contributed by atoms with Crippen LogP contribution in [0.3, 0.4) is 0 Å². The smallest absolute Gasteiger partial charge is 0.0840 e. The van der Waals surface area contributed by atoms with Gasteiger partial charge in [-0.3, -0.25) is 0 Å². The molecule has 0 amide bonds. The van der Waals surface area contributed by atoms with Crippen LogP contribution in [-0.2, 0) is 4.74 Å². The maximum atomic E-state index is 5.63. The minimum atomic E-state index is 0.449. The number of rotatable bonds is 1.